The van der Waals surface area contributed by atoms with Crippen LogP contribution >= 0.6 is 11.3 Å². The van der Waals surface area contributed by atoms with E-state index in [1.165, 1.54) is 16.9 Å². The highest BCUT2D eigenvalue weighted by Gasteiger charge is 2.12. The summed E-state index contributed by atoms with van der Waals surface area (Å²) in [4.78, 5) is 17.1. The third kappa shape index (κ3) is 2.83. The molecule has 0 unspecified atom stereocenters. The van der Waals surface area contributed by atoms with Gasteiger partial charge in [0.1, 0.15) is 0 Å². The van der Waals surface area contributed by atoms with Crippen molar-refractivity contribution in [2.75, 3.05) is 6.61 Å². The van der Waals surface area contributed by atoms with Crippen molar-refractivity contribution in [2.45, 2.75) is 20.3 Å². The van der Waals surface area contributed by atoms with Gasteiger partial charge in [0.2, 0.25) is 0 Å². The number of carbonyl (C=O) groups excluding carboxylic acids is 1. The van der Waals surface area contributed by atoms with Gasteiger partial charge in [-0.05, 0) is 13.8 Å². The lowest BCUT2D eigenvalue weighted by atomic mass is 10.1. The normalized spacial score (nSPS) is 11.0. The van der Waals surface area contributed by atoms with Crippen molar-refractivity contribution in [1.29, 1.82) is 0 Å². The van der Waals surface area contributed by atoms with Gasteiger partial charge < -0.3 is 4.74 Å². The molecule has 108 valence electrons. The first-order valence-electron chi connectivity index (χ1n) is 6.85. The Labute approximate surface area is 127 Å². The SMILES string of the molecule is CCOC(=O)Cc1csc2nc(-c3ccc(C)cc3)cn12. The van der Waals surface area contributed by atoms with Crippen molar-refractivity contribution in [3.8, 4) is 11.3 Å². The molecule has 0 bridgehead atoms. The Morgan fingerprint density at radius 2 is 2.10 bits per heavy atom. The van der Waals surface area contributed by atoms with Gasteiger partial charge in [0, 0.05) is 22.8 Å². The number of esters is 1. The average molecular weight is 300 g/mol. The monoisotopic (exact) mass is 300 g/mol. The molecule has 5 heteroatoms. The number of aryl methyl sites for hydroxylation is 1. The Kier molecular flexibility index (Phi) is 3.75. The topological polar surface area (TPSA) is 43.6 Å². The minimum absolute atomic E-state index is 0.206. The van der Waals surface area contributed by atoms with Gasteiger partial charge in [-0.15, -0.1) is 11.3 Å². The van der Waals surface area contributed by atoms with Gasteiger partial charge >= 0.3 is 5.97 Å². The number of fused-ring (bicyclic) bond motifs is 1. The number of imidazole rings is 1. The number of carbonyl (C=O) groups is 1. The van der Waals surface area contributed by atoms with E-state index in [4.69, 9.17) is 4.74 Å². The number of hydrogen-bond acceptors (Lipinski definition) is 4. The zero-order valence-corrected chi connectivity index (χ0v) is 12.8. The molecule has 0 amide bonds. The molecule has 0 saturated carbocycles. The Balaban J connectivity index is 1.92. The molecule has 2 aromatic heterocycles. The predicted octanol–water partition coefficient (Wildman–Crippen LogP) is 3.48. The summed E-state index contributed by atoms with van der Waals surface area (Å²) in [7, 11) is 0. The summed E-state index contributed by atoms with van der Waals surface area (Å²) < 4.78 is 6.97. The summed E-state index contributed by atoms with van der Waals surface area (Å²) in [5.41, 5.74) is 4.15. The number of ether oxygens (including phenoxy) is 1. The molecule has 3 aromatic rings. The van der Waals surface area contributed by atoms with Crippen LogP contribution in [-0.4, -0.2) is 22.0 Å². The second kappa shape index (κ2) is 5.69. The van der Waals surface area contributed by atoms with Crippen LogP contribution in [0.5, 0.6) is 0 Å². The van der Waals surface area contributed by atoms with Crippen LogP contribution in [0.1, 0.15) is 18.2 Å². The highest BCUT2D eigenvalue weighted by Crippen LogP contribution is 2.24. The molecule has 0 aliphatic rings. The fourth-order valence-corrected chi connectivity index (χ4v) is 3.05. The molecule has 0 N–H and O–H groups in total. The van der Waals surface area contributed by atoms with E-state index in [1.807, 2.05) is 22.9 Å². The molecule has 0 radical (unpaired) electrons. The van der Waals surface area contributed by atoms with E-state index in [1.54, 1.807) is 0 Å². The van der Waals surface area contributed by atoms with Crippen molar-refractivity contribution in [1.82, 2.24) is 9.38 Å². The first kappa shape index (κ1) is 13.8. The standard InChI is InChI=1S/C16H16N2O2S/c1-3-20-15(19)8-13-10-21-16-17-14(9-18(13)16)12-6-4-11(2)5-7-12/h4-7,9-10H,3,8H2,1-2H3. The van der Waals surface area contributed by atoms with Crippen LogP contribution < -0.4 is 0 Å². The molecule has 0 atom stereocenters. The molecule has 0 aliphatic heterocycles. The van der Waals surface area contributed by atoms with Crippen LogP contribution in [0.4, 0.5) is 0 Å². The summed E-state index contributed by atoms with van der Waals surface area (Å²) in [6.07, 6.45) is 2.25. The molecular weight excluding hydrogens is 284 g/mol. The number of thiazole rings is 1. The van der Waals surface area contributed by atoms with Gasteiger partial charge in [-0.1, -0.05) is 29.8 Å². The lowest BCUT2D eigenvalue weighted by molar-refractivity contribution is -0.142. The van der Waals surface area contributed by atoms with Crippen molar-refractivity contribution in [3.63, 3.8) is 0 Å². The van der Waals surface area contributed by atoms with Gasteiger partial charge in [0.25, 0.3) is 0 Å². The van der Waals surface area contributed by atoms with Crippen LogP contribution in [0, 0.1) is 6.92 Å². The zero-order valence-electron chi connectivity index (χ0n) is 12.0. The minimum Gasteiger partial charge on any atom is -0.466 e. The maximum Gasteiger partial charge on any atom is 0.311 e. The largest absolute Gasteiger partial charge is 0.466 e. The predicted molar refractivity (Wildman–Crippen MR) is 83.6 cm³/mol. The molecule has 2 heterocycles. The molecule has 0 fully saturated rings. The lowest BCUT2D eigenvalue weighted by Gasteiger charge is -2.00. The average Bonchev–Trinajstić information content (AvgIpc) is 3.02. The third-order valence-corrected chi connectivity index (χ3v) is 4.15. The van der Waals surface area contributed by atoms with Gasteiger partial charge in [-0.25, -0.2) is 4.98 Å². The molecule has 1 aromatic carbocycles. The van der Waals surface area contributed by atoms with E-state index in [-0.39, 0.29) is 12.4 Å². The Morgan fingerprint density at radius 1 is 1.33 bits per heavy atom. The highest BCUT2D eigenvalue weighted by molar-refractivity contribution is 7.15. The molecule has 21 heavy (non-hydrogen) atoms. The van der Waals surface area contributed by atoms with Gasteiger partial charge in [-0.3, -0.25) is 9.20 Å². The summed E-state index contributed by atoms with van der Waals surface area (Å²) in [6.45, 7) is 4.28. The minimum atomic E-state index is -0.206. The van der Waals surface area contributed by atoms with Crippen LogP contribution in [-0.2, 0) is 16.0 Å². The molecule has 3 rings (SSSR count). The Morgan fingerprint density at radius 3 is 2.81 bits per heavy atom. The summed E-state index contributed by atoms with van der Waals surface area (Å²) >= 11 is 1.54. The van der Waals surface area contributed by atoms with E-state index in [2.05, 4.69) is 36.2 Å². The number of nitrogens with zero attached hydrogens (tertiary/aromatic N) is 2. The number of hydrogen-bond donors (Lipinski definition) is 0. The maximum atomic E-state index is 11.6. The van der Waals surface area contributed by atoms with E-state index >= 15 is 0 Å². The Hall–Kier alpha value is -2.14. The summed E-state index contributed by atoms with van der Waals surface area (Å²) in [6, 6.07) is 8.27. The van der Waals surface area contributed by atoms with Crippen LogP contribution in [0.15, 0.2) is 35.8 Å². The number of benzene rings is 1. The maximum absolute atomic E-state index is 11.6. The molecule has 0 saturated heterocycles. The van der Waals surface area contributed by atoms with E-state index in [9.17, 15) is 4.79 Å². The molecular formula is C16H16N2O2S. The second-order valence-electron chi connectivity index (χ2n) is 4.85. The molecule has 0 aliphatic carbocycles. The second-order valence-corrected chi connectivity index (χ2v) is 5.69. The first-order valence-corrected chi connectivity index (χ1v) is 7.73. The quantitative estimate of drug-likeness (QED) is 0.693. The van der Waals surface area contributed by atoms with Crippen LogP contribution in [0.2, 0.25) is 0 Å². The van der Waals surface area contributed by atoms with Gasteiger partial charge in [0.05, 0.1) is 18.7 Å². The number of rotatable bonds is 4. The summed E-state index contributed by atoms with van der Waals surface area (Å²) in [5.74, 6) is -0.206. The molecule has 4 nitrogen and oxygen atoms in total. The van der Waals surface area contributed by atoms with Crippen LogP contribution in [0.25, 0.3) is 16.2 Å². The first-order chi connectivity index (χ1) is 10.2. The van der Waals surface area contributed by atoms with Gasteiger partial charge in [-0.2, -0.15) is 0 Å². The number of aromatic nitrogens is 2. The van der Waals surface area contributed by atoms with Crippen molar-refractivity contribution in [3.05, 3.63) is 47.1 Å². The van der Waals surface area contributed by atoms with Gasteiger partial charge in [0.15, 0.2) is 4.96 Å². The molecule has 0 spiro atoms. The smallest absolute Gasteiger partial charge is 0.311 e. The van der Waals surface area contributed by atoms with Crippen molar-refractivity contribution in [2.24, 2.45) is 0 Å². The lowest BCUT2D eigenvalue weighted by Crippen LogP contribution is -2.08. The van der Waals surface area contributed by atoms with E-state index in [0.717, 1.165) is 21.9 Å². The van der Waals surface area contributed by atoms with Crippen molar-refractivity contribution < 1.29 is 9.53 Å². The van der Waals surface area contributed by atoms with E-state index in [0.29, 0.717) is 6.61 Å². The zero-order chi connectivity index (χ0) is 14.8. The fourth-order valence-electron chi connectivity index (χ4n) is 2.18. The van der Waals surface area contributed by atoms with Crippen molar-refractivity contribution >= 4 is 22.3 Å². The Bertz CT molecular complexity index is 771. The summed E-state index contributed by atoms with van der Waals surface area (Å²) in [5, 5.41) is 1.96. The van der Waals surface area contributed by atoms with E-state index < -0.39 is 0 Å². The fraction of sp³-hybridized carbons (Fsp3) is 0.250. The highest BCUT2D eigenvalue weighted by atomic mass is 32.1. The van der Waals surface area contributed by atoms with Crippen LogP contribution in [0.3, 0.4) is 0 Å². The third-order valence-electron chi connectivity index (χ3n) is 3.26.